The molecular weight excluding hydrogens is 354 g/mol. The molecular formula is C22H23N3O3. The molecule has 0 bridgehead atoms. The molecule has 0 saturated carbocycles. The third-order valence-corrected chi connectivity index (χ3v) is 4.42. The number of nitrogens with zero attached hydrogens (tertiary/aromatic N) is 2. The quantitative estimate of drug-likeness (QED) is 0.655. The van der Waals surface area contributed by atoms with Gasteiger partial charge in [0.25, 0.3) is 0 Å². The minimum Gasteiger partial charge on any atom is -0.497 e. The van der Waals surface area contributed by atoms with Gasteiger partial charge in [0.05, 0.1) is 31.3 Å². The standard InChI is InChI=1S/C22H23N3O3/c1-15-19(16(2)25(24-15)17-8-6-5-7-9-17)11-13-22(26)23-20-12-10-18(27-3)14-21(20)28-4/h5-14H,1-4H3,(H,23,26)/b13-11+. The molecule has 2 aromatic carbocycles. The third kappa shape index (κ3) is 4.06. The summed E-state index contributed by atoms with van der Waals surface area (Å²) in [6.07, 6.45) is 3.28. The second-order valence-electron chi connectivity index (χ2n) is 6.22. The molecule has 0 aliphatic rings. The fraction of sp³-hybridized carbons (Fsp3) is 0.182. The van der Waals surface area contributed by atoms with Crippen LogP contribution in [0.2, 0.25) is 0 Å². The van der Waals surface area contributed by atoms with E-state index in [0.717, 1.165) is 22.6 Å². The summed E-state index contributed by atoms with van der Waals surface area (Å²) in [5.41, 5.74) is 4.30. The number of nitrogens with one attached hydrogen (secondary N) is 1. The second-order valence-corrected chi connectivity index (χ2v) is 6.22. The molecule has 0 atom stereocenters. The van der Waals surface area contributed by atoms with Gasteiger partial charge in [-0.2, -0.15) is 5.10 Å². The Bertz CT molecular complexity index is 1010. The van der Waals surface area contributed by atoms with Gasteiger partial charge < -0.3 is 14.8 Å². The number of amides is 1. The Balaban J connectivity index is 1.79. The van der Waals surface area contributed by atoms with Gasteiger partial charge in [-0.1, -0.05) is 18.2 Å². The maximum atomic E-state index is 12.4. The summed E-state index contributed by atoms with van der Waals surface area (Å²) in [6, 6.07) is 15.1. The molecule has 1 heterocycles. The number of ether oxygens (including phenoxy) is 2. The van der Waals surface area contributed by atoms with E-state index in [4.69, 9.17) is 9.47 Å². The van der Waals surface area contributed by atoms with E-state index in [9.17, 15) is 4.79 Å². The Morgan fingerprint density at radius 1 is 1.07 bits per heavy atom. The molecule has 0 spiro atoms. The summed E-state index contributed by atoms with van der Waals surface area (Å²) in [5, 5.41) is 7.42. The number of hydrogen-bond acceptors (Lipinski definition) is 4. The van der Waals surface area contributed by atoms with E-state index in [1.54, 1.807) is 38.5 Å². The SMILES string of the molecule is COc1ccc(NC(=O)/C=C/c2c(C)nn(-c3ccccc3)c2C)c(OC)c1. The lowest BCUT2D eigenvalue weighted by Gasteiger charge is -2.10. The van der Waals surface area contributed by atoms with Gasteiger partial charge in [-0.05, 0) is 44.2 Å². The van der Waals surface area contributed by atoms with Gasteiger partial charge in [-0.3, -0.25) is 4.79 Å². The third-order valence-electron chi connectivity index (χ3n) is 4.42. The topological polar surface area (TPSA) is 65.4 Å². The smallest absolute Gasteiger partial charge is 0.248 e. The van der Waals surface area contributed by atoms with Crippen molar-refractivity contribution in [3.8, 4) is 17.2 Å². The molecule has 28 heavy (non-hydrogen) atoms. The Hall–Kier alpha value is -3.54. The van der Waals surface area contributed by atoms with Gasteiger partial charge in [-0.15, -0.1) is 0 Å². The van der Waals surface area contributed by atoms with Gasteiger partial charge in [0.2, 0.25) is 5.91 Å². The highest BCUT2D eigenvalue weighted by Crippen LogP contribution is 2.29. The summed E-state index contributed by atoms with van der Waals surface area (Å²) in [4.78, 5) is 12.4. The van der Waals surface area contributed by atoms with Crippen molar-refractivity contribution in [2.24, 2.45) is 0 Å². The lowest BCUT2D eigenvalue weighted by Crippen LogP contribution is -2.09. The monoisotopic (exact) mass is 377 g/mol. The highest BCUT2D eigenvalue weighted by atomic mass is 16.5. The van der Waals surface area contributed by atoms with Crippen LogP contribution < -0.4 is 14.8 Å². The molecule has 0 aliphatic carbocycles. The van der Waals surface area contributed by atoms with Crippen molar-refractivity contribution in [2.45, 2.75) is 13.8 Å². The van der Waals surface area contributed by atoms with E-state index in [-0.39, 0.29) is 5.91 Å². The largest absolute Gasteiger partial charge is 0.497 e. The molecule has 1 aromatic heterocycles. The van der Waals surface area contributed by atoms with Crippen molar-refractivity contribution in [1.29, 1.82) is 0 Å². The minimum absolute atomic E-state index is 0.255. The first-order valence-corrected chi connectivity index (χ1v) is 8.86. The van der Waals surface area contributed by atoms with Crippen LogP contribution in [0.4, 0.5) is 5.69 Å². The summed E-state index contributed by atoms with van der Waals surface area (Å²) in [5.74, 6) is 0.935. The van der Waals surface area contributed by atoms with E-state index in [2.05, 4.69) is 10.4 Å². The van der Waals surface area contributed by atoms with Crippen LogP contribution in [-0.2, 0) is 4.79 Å². The van der Waals surface area contributed by atoms with E-state index in [0.29, 0.717) is 17.2 Å². The summed E-state index contributed by atoms with van der Waals surface area (Å²) >= 11 is 0. The average Bonchev–Trinajstić information content (AvgIpc) is 3.01. The predicted molar refractivity (Wildman–Crippen MR) is 110 cm³/mol. The van der Waals surface area contributed by atoms with Crippen LogP contribution >= 0.6 is 0 Å². The number of aryl methyl sites for hydroxylation is 1. The number of carbonyl (C=O) groups is 1. The molecule has 0 unspecified atom stereocenters. The molecule has 6 nitrogen and oxygen atoms in total. The van der Waals surface area contributed by atoms with Crippen LogP contribution in [-0.4, -0.2) is 29.9 Å². The van der Waals surface area contributed by atoms with Crippen LogP contribution in [0.15, 0.2) is 54.6 Å². The Labute approximate surface area is 164 Å². The predicted octanol–water partition coefficient (Wildman–Crippen LogP) is 4.16. The molecule has 3 aromatic rings. The van der Waals surface area contributed by atoms with E-state index in [1.807, 2.05) is 48.9 Å². The van der Waals surface area contributed by atoms with Gasteiger partial charge >= 0.3 is 0 Å². The van der Waals surface area contributed by atoms with Crippen molar-refractivity contribution < 1.29 is 14.3 Å². The van der Waals surface area contributed by atoms with Crippen LogP contribution in [0.3, 0.4) is 0 Å². The zero-order chi connectivity index (χ0) is 20.1. The lowest BCUT2D eigenvalue weighted by atomic mass is 10.2. The molecule has 6 heteroatoms. The molecule has 1 N–H and O–H groups in total. The minimum atomic E-state index is -0.255. The van der Waals surface area contributed by atoms with Gasteiger partial charge in [0.15, 0.2) is 0 Å². The van der Waals surface area contributed by atoms with Gasteiger partial charge in [0, 0.05) is 23.4 Å². The summed E-state index contributed by atoms with van der Waals surface area (Å²) in [7, 11) is 3.13. The number of hydrogen-bond donors (Lipinski definition) is 1. The first kappa shape index (κ1) is 19.2. The highest BCUT2D eigenvalue weighted by Gasteiger charge is 2.11. The molecule has 0 fully saturated rings. The first-order valence-electron chi connectivity index (χ1n) is 8.86. The lowest BCUT2D eigenvalue weighted by molar-refractivity contribution is -0.111. The van der Waals surface area contributed by atoms with Crippen molar-refractivity contribution in [3.05, 3.63) is 71.6 Å². The van der Waals surface area contributed by atoms with E-state index < -0.39 is 0 Å². The highest BCUT2D eigenvalue weighted by molar-refractivity contribution is 6.03. The first-order chi connectivity index (χ1) is 13.5. The number of carbonyl (C=O) groups excluding carboxylic acids is 1. The Morgan fingerprint density at radius 3 is 2.50 bits per heavy atom. The number of aromatic nitrogens is 2. The van der Waals surface area contributed by atoms with E-state index in [1.165, 1.54) is 6.08 Å². The molecule has 0 radical (unpaired) electrons. The number of rotatable bonds is 6. The second kappa shape index (κ2) is 8.43. The van der Waals surface area contributed by atoms with Crippen molar-refractivity contribution in [3.63, 3.8) is 0 Å². The van der Waals surface area contributed by atoms with Crippen molar-refractivity contribution in [2.75, 3.05) is 19.5 Å². The zero-order valence-electron chi connectivity index (χ0n) is 16.4. The summed E-state index contributed by atoms with van der Waals surface area (Å²) in [6.45, 7) is 3.91. The maximum absolute atomic E-state index is 12.4. The maximum Gasteiger partial charge on any atom is 0.248 e. The van der Waals surface area contributed by atoms with Gasteiger partial charge in [0.1, 0.15) is 11.5 Å². The van der Waals surface area contributed by atoms with Crippen molar-refractivity contribution >= 4 is 17.7 Å². The fourth-order valence-corrected chi connectivity index (χ4v) is 2.95. The molecule has 3 rings (SSSR count). The molecule has 1 amide bonds. The molecule has 144 valence electrons. The summed E-state index contributed by atoms with van der Waals surface area (Å²) < 4.78 is 12.4. The van der Waals surface area contributed by atoms with Crippen LogP contribution in [0.1, 0.15) is 17.0 Å². The Kier molecular flexibility index (Phi) is 5.79. The van der Waals surface area contributed by atoms with Crippen LogP contribution in [0.25, 0.3) is 11.8 Å². The zero-order valence-corrected chi connectivity index (χ0v) is 16.4. The van der Waals surface area contributed by atoms with E-state index >= 15 is 0 Å². The number of anilines is 1. The number of para-hydroxylation sites is 1. The molecule has 0 saturated heterocycles. The van der Waals surface area contributed by atoms with Crippen LogP contribution in [0.5, 0.6) is 11.5 Å². The number of methoxy groups -OCH3 is 2. The van der Waals surface area contributed by atoms with Crippen LogP contribution in [0, 0.1) is 13.8 Å². The number of benzene rings is 2. The van der Waals surface area contributed by atoms with Gasteiger partial charge in [-0.25, -0.2) is 4.68 Å². The average molecular weight is 377 g/mol. The van der Waals surface area contributed by atoms with Crippen molar-refractivity contribution in [1.82, 2.24) is 9.78 Å². The Morgan fingerprint density at radius 2 is 1.82 bits per heavy atom. The molecule has 0 aliphatic heterocycles. The normalized spacial score (nSPS) is 10.9. The fourth-order valence-electron chi connectivity index (χ4n) is 2.95.